The average molecular weight is 725 g/mol. The maximum absolute atomic E-state index is 8.86. The molecule has 0 aliphatic rings. The molecule has 0 aliphatic carbocycles. The predicted octanol–water partition coefficient (Wildman–Crippen LogP) is 6.07. The maximum Gasteiger partial charge on any atom is 0.490 e. The number of rotatable bonds is 16. The first-order valence-corrected chi connectivity index (χ1v) is 16.6. The highest BCUT2D eigenvalue weighted by atomic mass is 35.5. The maximum atomic E-state index is 8.86. The van der Waals surface area contributed by atoms with Gasteiger partial charge in [-0.15, -0.1) is 0 Å². The molecule has 2 N–H and O–H groups in total. The Kier molecular flexibility index (Phi) is 20.1. The van der Waals surface area contributed by atoms with Crippen molar-refractivity contribution in [2.45, 2.75) is 65.2 Å². The van der Waals surface area contributed by atoms with Gasteiger partial charge < -0.3 is 29.0 Å². The number of methoxy groups -OCH3 is 2. The largest absolute Gasteiger partial charge is 0.490 e. The Hall–Kier alpha value is -3.56. The zero-order chi connectivity index (χ0) is 35.1. The Morgan fingerprint density at radius 1 is 0.625 bits per heavy atom. The van der Waals surface area contributed by atoms with Gasteiger partial charge in [0.2, 0.25) is 33.5 Å². The molecule has 0 unspecified atom stereocenters. The fourth-order valence-electron chi connectivity index (χ4n) is 3.71. The van der Waals surface area contributed by atoms with Gasteiger partial charge in [-0.05, 0) is 59.8 Å². The molecule has 4 aromatic heterocycles. The average Bonchev–Trinajstić information content (AvgIpc) is 3.08. The molecule has 13 nitrogen and oxygen atoms in total. The van der Waals surface area contributed by atoms with Crippen molar-refractivity contribution in [3.8, 4) is 34.9 Å². The summed E-state index contributed by atoms with van der Waals surface area (Å²) in [6.07, 6.45) is 12.5. The highest BCUT2D eigenvalue weighted by Crippen LogP contribution is 2.23. The molecule has 0 aromatic carbocycles. The van der Waals surface area contributed by atoms with Gasteiger partial charge in [-0.3, -0.25) is 0 Å². The van der Waals surface area contributed by atoms with Crippen LogP contribution in [-0.4, -0.2) is 79.5 Å². The van der Waals surface area contributed by atoms with Crippen molar-refractivity contribution in [1.82, 2.24) is 34.9 Å². The fourth-order valence-corrected chi connectivity index (χ4v) is 4.23. The van der Waals surface area contributed by atoms with Crippen LogP contribution in [0.25, 0.3) is 11.3 Å². The van der Waals surface area contributed by atoms with E-state index in [1.54, 1.807) is 24.4 Å². The van der Waals surface area contributed by atoms with E-state index in [0.717, 1.165) is 18.4 Å². The minimum Gasteiger partial charge on any atom is -0.481 e. The van der Waals surface area contributed by atoms with Crippen LogP contribution >= 0.6 is 34.8 Å². The van der Waals surface area contributed by atoms with Gasteiger partial charge in [-0.25, -0.2) is 15.0 Å². The molecule has 0 bridgehead atoms. The topological polar surface area (TPSA) is 168 Å². The fraction of sp³-hybridized carbons (Fsp3) is 0.452. The monoisotopic (exact) mass is 723 g/mol. The molecular formula is C31H41BCl3N7O6. The van der Waals surface area contributed by atoms with Crippen molar-refractivity contribution in [2.24, 2.45) is 0 Å². The summed E-state index contributed by atoms with van der Waals surface area (Å²) in [6.45, 7) is 5.71. The molecule has 0 radical (unpaired) electrons. The summed E-state index contributed by atoms with van der Waals surface area (Å²) in [5.41, 5.74) is 1.87. The van der Waals surface area contributed by atoms with Crippen LogP contribution in [0.4, 0.5) is 0 Å². The Morgan fingerprint density at radius 2 is 1.19 bits per heavy atom. The third kappa shape index (κ3) is 16.5. The van der Waals surface area contributed by atoms with Crippen LogP contribution in [0.15, 0.2) is 42.7 Å². The Balaban J connectivity index is 0.000000269. The van der Waals surface area contributed by atoms with Gasteiger partial charge in [0, 0.05) is 35.6 Å². The third-order valence-electron chi connectivity index (χ3n) is 6.21. The van der Waals surface area contributed by atoms with E-state index in [1.165, 1.54) is 58.9 Å². The molecular weight excluding hydrogens is 684 g/mol. The third-order valence-corrected chi connectivity index (χ3v) is 6.72. The molecule has 260 valence electrons. The van der Waals surface area contributed by atoms with E-state index in [1.807, 2.05) is 12.1 Å². The normalized spacial score (nSPS) is 10.2. The Morgan fingerprint density at radius 3 is 1.65 bits per heavy atom. The molecule has 4 aromatic rings. The molecule has 4 rings (SSSR count). The molecule has 0 saturated heterocycles. The standard InChI is InChI=1S/C16H20ClN3O2.C11H18BNO3.C4H3Cl2N3O/c1-3-4-5-6-9-22-14-8-7-12(11-18-14)13-10-15(21-2)20-16(17)19-13;1-2-3-4-5-8-16-11-7-6-10(9-13-11)12(14)15;1-10-4-8-2(5)7-3(6)9-4/h7-8,10-11H,3-6,9H2,1-2H3;6-7,9,14-15H,2-5,8H2,1H3;1H3. The zero-order valence-electron chi connectivity index (χ0n) is 27.5. The molecule has 0 saturated carbocycles. The van der Waals surface area contributed by atoms with Crippen LogP contribution < -0.4 is 24.4 Å². The van der Waals surface area contributed by atoms with Crippen molar-refractivity contribution in [3.05, 3.63) is 58.6 Å². The van der Waals surface area contributed by atoms with E-state index < -0.39 is 7.12 Å². The Bertz CT molecular complexity index is 1440. The minimum atomic E-state index is -1.47. The van der Waals surface area contributed by atoms with Crippen molar-refractivity contribution in [3.63, 3.8) is 0 Å². The summed E-state index contributed by atoms with van der Waals surface area (Å²) >= 11 is 16.7. The van der Waals surface area contributed by atoms with Gasteiger partial charge in [0.25, 0.3) is 0 Å². The SMILES string of the molecule is CCCCCCOc1ccc(-c2cc(OC)nc(Cl)n2)cn1.CCCCCCOc1ccc(B(O)O)cn1.COc1nc(Cl)nc(Cl)n1. The summed E-state index contributed by atoms with van der Waals surface area (Å²) in [6, 6.07) is 8.80. The molecule has 0 amide bonds. The second-order valence-electron chi connectivity index (χ2n) is 9.93. The van der Waals surface area contributed by atoms with Crippen LogP contribution in [0, 0.1) is 0 Å². The molecule has 0 spiro atoms. The van der Waals surface area contributed by atoms with E-state index >= 15 is 0 Å². The van der Waals surface area contributed by atoms with Gasteiger partial charge in [-0.1, -0.05) is 58.4 Å². The van der Waals surface area contributed by atoms with Crippen molar-refractivity contribution >= 4 is 47.4 Å². The first-order chi connectivity index (χ1) is 23.2. The zero-order valence-corrected chi connectivity index (χ0v) is 29.7. The predicted molar refractivity (Wildman–Crippen MR) is 187 cm³/mol. The number of hydrogen-bond acceptors (Lipinski definition) is 13. The van der Waals surface area contributed by atoms with Gasteiger partial charge in [0.1, 0.15) is 0 Å². The van der Waals surface area contributed by atoms with Crippen molar-refractivity contribution in [1.29, 1.82) is 0 Å². The van der Waals surface area contributed by atoms with Gasteiger partial charge in [-0.2, -0.15) is 19.9 Å². The molecule has 4 heterocycles. The summed E-state index contributed by atoms with van der Waals surface area (Å²) in [4.78, 5) is 27.1. The van der Waals surface area contributed by atoms with Crippen LogP contribution in [-0.2, 0) is 0 Å². The lowest BCUT2D eigenvalue weighted by atomic mass is 9.82. The van der Waals surface area contributed by atoms with Gasteiger partial charge in [0.15, 0.2) is 0 Å². The highest BCUT2D eigenvalue weighted by Gasteiger charge is 2.11. The van der Waals surface area contributed by atoms with E-state index in [-0.39, 0.29) is 21.9 Å². The molecule has 0 aliphatic heterocycles. The smallest absolute Gasteiger partial charge is 0.481 e. The summed E-state index contributed by atoms with van der Waals surface area (Å²) < 4.78 is 20.8. The number of hydrogen-bond donors (Lipinski definition) is 2. The van der Waals surface area contributed by atoms with Gasteiger partial charge in [0.05, 0.1) is 33.1 Å². The lowest BCUT2D eigenvalue weighted by molar-refractivity contribution is 0.294. The number of pyridine rings is 2. The molecule has 0 fully saturated rings. The lowest BCUT2D eigenvalue weighted by Crippen LogP contribution is -2.29. The van der Waals surface area contributed by atoms with Crippen LogP contribution in [0.2, 0.25) is 15.9 Å². The van der Waals surface area contributed by atoms with E-state index in [0.29, 0.717) is 42.0 Å². The van der Waals surface area contributed by atoms with Gasteiger partial charge >= 0.3 is 13.1 Å². The van der Waals surface area contributed by atoms with Crippen LogP contribution in [0.3, 0.4) is 0 Å². The second-order valence-corrected chi connectivity index (χ2v) is 10.9. The first-order valence-electron chi connectivity index (χ1n) is 15.4. The molecule has 48 heavy (non-hydrogen) atoms. The highest BCUT2D eigenvalue weighted by molar-refractivity contribution is 6.58. The second kappa shape index (κ2) is 23.7. The molecule has 17 heteroatoms. The van der Waals surface area contributed by atoms with E-state index in [2.05, 4.69) is 53.5 Å². The minimum absolute atomic E-state index is 0.0249. The van der Waals surface area contributed by atoms with Crippen molar-refractivity contribution < 1.29 is 29.0 Å². The number of aromatic nitrogens is 7. The summed E-state index contributed by atoms with van der Waals surface area (Å²) in [5, 5.41) is 17.9. The van der Waals surface area contributed by atoms with Crippen LogP contribution in [0.5, 0.6) is 23.7 Å². The number of halogens is 3. The van der Waals surface area contributed by atoms with Crippen molar-refractivity contribution in [2.75, 3.05) is 27.4 Å². The van der Waals surface area contributed by atoms with E-state index in [9.17, 15) is 0 Å². The molecule has 0 atom stereocenters. The Labute approximate surface area is 296 Å². The lowest BCUT2D eigenvalue weighted by Gasteiger charge is -2.07. The van der Waals surface area contributed by atoms with E-state index in [4.69, 9.17) is 59.1 Å². The number of ether oxygens (including phenoxy) is 4. The first kappa shape index (κ1) is 40.6. The number of unbranched alkanes of at least 4 members (excludes halogenated alkanes) is 6. The number of nitrogens with zero attached hydrogens (tertiary/aromatic N) is 7. The summed E-state index contributed by atoms with van der Waals surface area (Å²) in [7, 11) is 1.49. The summed E-state index contributed by atoms with van der Waals surface area (Å²) in [5.74, 6) is 1.57. The van der Waals surface area contributed by atoms with Crippen LogP contribution in [0.1, 0.15) is 65.2 Å². The quantitative estimate of drug-likeness (QED) is 0.0777.